The normalized spacial score (nSPS) is 11.1. The van der Waals surface area contributed by atoms with Crippen molar-refractivity contribution in [3.63, 3.8) is 0 Å². The number of nitrogens with zero attached hydrogens (tertiary/aromatic N) is 1. The highest BCUT2D eigenvalue weighted by atomic mass is 14.6. The van der Waals surface area contributed by atoms with Crippen molar-refractivity contribution in [1.29, 1.82) is 0 Å². The SMILES string of the molecule is CCc1ccc2ncc3ccccc3c2c1. The minimum atomic E-state index is 1.07. The highest BCUT2D eigenvalue weighted by Crippen LogP contribution is 2.24. The van der Waals surface area contributed by atoms with E-state index in [0.29, 0.717) is 0 Å². The smallest absolute Gasteiger partial charge is 0.0708 e. The van der Waals surface area contributed by atoms with Crippen LogP contribution in [0.15, 0.2) is 48.7 Å². The topological polar surface area (TPSA) is 12.9 Å². The van der Waals surface area contributed by atoms with E-state index in [1.54, 1.807) is 0 Å². The van der Waals surface area contributed by atoms with Gasteiger partial charge in [-0.3, -0.25) is 4.98 Å². The Labute approximate surface area is 94.7 Å². The maximum atomic E-state index is 4.48. The van der Waals surface area contributed by atoms with Gasteiger partial charge in [-0.05, 0) is 29.5 Å². The lowest BCUT2D eigenvalue weighted by atomic mass is 10.0. The van der Waals surface area contributed by atoms with Crippen LogP contribution in [0, 0.1) is 0 Å². The molecule has 0 atom stereocenters. The number of hydrogen-bond donors (Lipinski definition) is 0. The highest BCUT2D eigenvalue weighted by Gasteiger charge is 2.01. The lowest BCUT2D eigenvalue weighted by molar-refractivity contribution is 1.15. The van der Waals surface area contributed by atoms with Gasteiger partial charge in [-0.25, -0.2) is 0 Å². The molecule has 0 aliphatic heterocycles. The molecule has 78 valence electrons. The third-order valence-corrected chi connectivity index (χ3v) is 3.06. The fourth-order valence-corrected chi connectivity index (χ4v) is 2.13. The minimum Gasteiger partial charge on any atom is -0.256 e. The van der Waals surface area contributed by atoms with E-state index < -0.39 is 0 Å². The highest BCUT2D eigenvalue weighted by molar-refractivity contribution is 6.05. The molecule has 0 unspecified atom stereocenters. The van der Waals surface area contributed by atoms with E-state index in [9.17, 15) is 0 Å². The van der Waals surface area contributed by atoms with E-state index >= 15 is 0 Å². The monoisotopic (exact) mass is 207 g/mol. The third kappa shape index (κ3) is 1.36. The van der Waals surface area contributed by atoms with Gasteiger partial charge in [0.2, 0.25) is 0 Å². The fraction of sp³-hybridized carbons (Fsp3) is 0.133. The van der Waals surface area contributed by atoms with Crippen molar-refractivity contribution in [2.45, 2.75) is 13.3 Å². The van der Waals surface area contributed by atoms with E-state index in [-0.39, 0.29) is 0 Å². The Kier molecular flexibility index (Phi) is 2.10. The van der Waals surface area contributed by atoms with Crippen molar-refractivity contribution in [1.82, 2.24) is 4.98 Å². The molecule has 3 aromatic rings. The van der Waals surface area contributed by atoms with Gasteiger partial charge < -0.3 is 0 Å². The predicted molar refractivity (Wildman–Crippen MR) is 68.6 cm³/mol. The summed E-state index contributed by atoms with van der Waals surface area (Å²) in [5, 5.41) is 3.77. The molecule has 0 saturated carbocycles. The van der Waals surface area contributed by atoms with Gasteiger partial charge in [-0.1, -0.05) is 37.3 Å². The predicted octanol–water partition coefficient (Wildman–Crippen LogP) is 3.95. The van der Waals surface area contributed by atoms with Gasteiger partial charge in [0, 0.05) is 17.0 Å². The van der Waals surface area contributed by atoms with Crippen LogP contribution in [0.2, 0.25) is 0 Å². The molecule has 1 heterocycles. The Morgan fingerprint density at radius 1 is 1.00 bits per heavy atom. The van der Waals surface area contributed by atoms with Crippen molar-refractivity contribution < 1.29 is 0 Å². The maximum absolute atomic E-state index is 4.48. The van der Waals surface area contributed by atoms with Crippen LogP contribution in [0.3, 0.4) is 0 Å². The van der Waals surface area contributed by atoms with Crippen molar-refractivity contribution in [3.05, 3.63) is 54.2 Å². The Balaban J connectivity index is 2.47. The summed E-state index contributed by atoms with van der Waals surface area (Å²) in [6, 6.07) is 14.9. The van der Waals surface area contributed by atoms with Crippen LogP contribution >= 0.6 is 0 Å². The molecule has 1 aromatic heterocycles. The zero-order chi connectivity index (χ0) is 11.0. The summed E-state index contributed by atoms with van der Waals surface area (Å²) in [6.45, 7) is 2.18. The standard InChI is InChI=1S/C15H13N/c1-2-11-7-8-15-14(9-11)13-6-4-3-5-12(13)10-16-15/h3-10H,2H2,1H3. The minimum absolute atomic E-state index is 1.07. The number of fused-ring (bicyclic) bond motifs is 3. The van der Waals surface area contributed by atoms with Crippen molar-refractivity contribution in [2.24, 2.45) is 0 Å². The quantitative estimate of drug-likeness (QED) is 0.550. The van der Waals surface area contributed by atoms with Crippen molar-refractivity contribution >= 4 is 21.7 Å². The zero-order valence-electron chi connectivity index (χ0n) is 9.27. The number of rotatable bonds is 1. The molecular weight excluding hydrogens is 194 g/mol. The van der Waals surface area contributed by atoms with Crippen LogP contribution in [-0.4, -0.2) is 4.98 Å². The van der Waals surface area contributed by atoms with Gasteiger partial charge in [0.15, 0.2) is 0 Å². The summed E-state index contributed by atoms with van der Waals surface area (Å²) in [5.41, 5.74) is 2.45. The van der Waals surface area contributed by atoms with E-state index in [1.165, 1.54) is 21.7 Å². The van der Waals surface area contributed by atoms with Gasteiger partial charge in [0.1, 0.15) is 0 Å². The fourth-order valence-electron chi connectivity index (χ4n) is 2.13. The van der Waals surface area contributed by atoms with E-state index in [1.807, 2.05) is 6.20 Å². The molecular formula is C15H13N. The van der Waals surface area contributed by atoms with Gasteiger partial charge in [0.05, 0.1) is 5.52 Å². The van der Waals surface area contributed by atoms with E-state index in [0.717, 1.165) is 11.9 Å². The first kappa shape index (κ1) is 9.34. The summed E-state index contributed by atoms with van der Waals surface area (Å²) >= 11 is 0. The summed E-state index contributed by atoms with van der Waals surface area (Å²) in [6.07, 6.45) is 3.02. The van der Waals surface area contributed by atoms with Crippen molar-refractivity contribution in [3.8, 4) is 0 Å². The first-order valence-corrected chi connectivity index (χ1v) is 5.65. The summed E-state index contributed by atoms with van der Waals surface area (Å²) in [5.74, 6) is 0. The second-order valence-electron chi connectivity index (χ2n) is 4.05. The van der Waals surface area contributed by atoms with Gasteiger partial charge >= 0.3 is 0 Å². The Hall–Kier alpha value is -1.89. The lowest BCUT2D eigenvalue weighted by Crippen LogP contribution is -1.85. The van der Waals surface area contributed by atoms with Crippen molar-refractivity contribution in [2.75, 3.05) is 0 Å². The average Bonchev–Trinajstić information content (AvgIpc) is 2.38. The molecule has 16 heavy (non-hydrogen) atoms. The second-order valence-corrected chi connectivity index (χ2v) is 4.05. The molecule has 0 N–H and O–H groups in total. The molecule has 0 radical (unpaired) electrons. The molecule has 0 aliphatic carbocycles. The van der Waals surface area contributed by atoms with Gasteiger partial charge in [-0.15, -0.1) is 0 Å². The molecule has 0 amide bonds. The van der Waals surface area contributed by atoms with Crippen LogP contribution in [0.4, 0.5) is 0 Å². The van der Waals surface area contributed by atoms with Crippen LogP contribution in [0.25, 0.3) is 21.7 Å². The van der Waals surface area contributed by atoms with Gasteiger partial charge in [0.25, 0.3) is 0 Å². The molecule has 0 bridgehead atoms. The maximum Gasteiger partial charge on any atom is 0.0708 e. The van der Waals surface area contributed by atoms with E-state index in [2.05, 4.69) is 54.4 Å². The molecule has 0 spiro atoms. The van der Waals surface area contributed by atoms with Gasteiger partial charge in [-0.2, -0.15) is 0 Å². The van der Waals surface area contributed by atoms with Crippen LogP contribution in [0.1, 0.15) is 12.5 Å². The number of hydrogen-bond acceptors (Lipinski definition) is 1. The summed E-state index contributed by atoms with van der Waals surface area (Å²) in [7, 11) is 0. The molecule has 0 saturated heterocycles. The molecule has 1 heteroatoms. The molecule has 2 aromatic carbocycles. The third-order valence-electron chi connectivity index (χ3n) is 3.06. The van der Waals surface area contributed by atoms with E-state index in [4.69, 9.17) is 0 Å². The Bertz CT molecular complexity index is 656. The molecule has 0 aliphatic rings. The van der Waals surface area contributed by atoms with Crippen LogP contribution in [0.5, 0.6) is 0 Å². The largest absolute Gasteiger partial charge is 0.256 e. The second kappa shape index (κ2) is 3.60. The Morgan fingerprint density at radius 2 is 1.88 bits per heavy atom. The van der Waals surface area contributed by atoms with Crippen LogP contribution < -0.4 is 0 Å². The average molecular weight is 207 g/mol. The zero-order valence-corrected chi connectivity index (χ0v) is 9.27. The first-order valence-electron chi connectivity index (χ1n) is 5.65. The molecule has 0 fully saturated rings. The number of aromatic nitrogens is 1. The summed E-state index contributed by atoms with van der Waals surface area (Å²) in [4.78, 5) is 4.48. The molecule has 3 rings (SSSR count). The number of pyridine rings is 1. The summed E-state index contributed by atoms with van der Waals surface area (Å²) < 4.78 is 0. The molecule has 1 nitrogen and oxygen atoms in total. The number of benzene rings is 2. The Morgan fingerprint density at radius 3 is 2.75 bits per heavy atom. The van der Waals surface area contributed by atoms with Crippen LogP contribution in [-0.2, 0) is 6.42 Å². The number of aryl methyl sites for hydroxylation is 1. The lowest BCUT2D eigenvalue weighted by Gasteiger charge is -2.04. The first-order chi connectivity index (χ1) is 7.88.